The summed E-state index contributed by atoms with van der Waals surface area (Å²) in [6.07, 6.45) is 0.133. The van der Waals surface area contributed by atoms with Gasteiger partial charge in [-0.05, 0) is 0 Å². The third-order valence-corrected chi connectivity index (χ3v) is 3.01. The van der Waals surface area contributed by atoms with E-state index in [0.29, 0.717) is 17.5 Å². The lowest BCUT2D eigenvalue weighted by Gasteiger charge is -2.13. The number of hydrogen-bond donors (Lipinski definition) is 2. The lowest BCUT2D eigenvalue weighted by atomic mass is 10.2. The molecule has 1 aliphatic heterocycles. The minimum absolute atomic E-state index is 0.133. The van der Waals surface area contributed by atoms with Crippen molar-refractivity contribution in [3.8, 4) is 0 Å². The third-order valence-electron chi connectivity index (χ3n) is 3.01. The monoisotopic (exact) mass is 279 g/mol. The molecule has 1 atom stereocenters. The Bertz CT molecular complexity index is 534. The average molecular weight is 279 g/mol. The van der Waals surface area contributed by atoms with Gasteiger partial charge in [0.25, 0.3) is 5.91 Å². The Kier molecular flexibility index (Phi) is 4.14. The number of rotatable bonds is 5. The van der Waals surface area contributed by atoms with E-state index >= 15 is 0 Å². The lowest BCUT2D eigenvalue weighted by Crippen LogP contribution is -2.32. The summed E-state index contributed by atoms with van der Waals surface area (Å²) < 4.78 is 5.00. The van der Waals surface area contributed by atoms with Gasteiger partial charge in [-0.2, -0.15) is 0 Å². The fourth-order valence-electron chi connectivity index (χ4n) is 1.94. The fourth-order valence-corrected chi connectivity index (χ4v) is 1.94. The molecule has 108 valence electrons. The SMILES string of the molecule is CNc1cc(NC2CC(=O)N(C)C2=O)nc(COC)n1. The van der Waals surface area contributed by atoms with Crippen molar-refractivity contribution in [1.29, 1.82) is 0 Å². The number of carbonyl (C=O) groups excluding carboxylic acids is 2. The van der Waals surface area contributed by atoms with E-state index < -0.39 is 6.04 Å². The van der Waals surface area contributed by atoms with Crippen LogP contribution in [0.15, 0.2) is 6.07 Å². The van der Waals surface area contributed by atoms with Gasteiger partial charge < -0.3 is 15.4 Å². The third kappa shape index (κ3) is 2.85. The van der Waals surface area contributed by atoms with Crippen LogP contribution in [0.3, 0.4) is 0 Å². The molecule has 0 aromatic carbocycles. The number of hydrogen-bond acceptors (Lipinski definition) is 7. The van der Waals surface area contributed by atoms with Crippen LogP contribution in [-0.4, -0.2) is 53.9 Å². The molecule has 2 N–H and O–H groups in total. The minimum Gasteiger partial charge on any atom is -0.377 e. The molecule has 0 radical (unpaired) electrons. The molecule has 20 heavy (non-hydrogen) atoms. The maximum Gasteiger partial charge on any atom is 0.251 e. The topological polar surface area (TPSA) is 96.5 Å². The molecular weight excluding hydrogens is 262 g/mol. The van der Waals surface area contributed by atoms with Gasteiger partial charge in [0.15, 0.2) is 5.82 Å². The number of aromatic nitrogens is 2. The van der Waals surface area contributed by atoms with Gasteiger partial charge in [-0.15, -0.1) is 0 Å². The molecule has 1 aliphatic rings. The molecular formula is C12H17N5O3. The number of nitrogens with one attached hydrogen (secondary N) is 2. The van der Waals surface area contributed by atoms with Crippen LogP contribution in [0.1, 0.15) is 12.2 Å². The second-order valence-electron chi connectivity index (χ2n) is 4.43. The van der Waals surface area contributed by atoms with Crippen molar-refractivity contribution in [2.75, 3.05) is 31.8 Å². The van der Waals surface area contributed by atoms with Crippen LogP contribution in [0, 0.1) is 0 Å². The quantitative estimate of drug-likeness (QED) is 0.722. The van der Waals surface area contributed by atoms with E-state index in [1.807, 2.05) is 0 Å². The van der Waals surface area contributed by atoms with Gasteiger partial charge in [0.2, 0.25) is 5.91 Å². The van der Waals surface area contributed by atoms with Crippen LogP contribution in [0.25, 0.3) is 0 Å². The van der Waals surface area contributed by atoms with Crippen molar-refractivity contribution in [3.05, 3.63) is 11.9 Å². The van der Waals surface area contributed by atoms with Gasteiger partial charge in [-0.1, -0.05) is 0 Å². The molecule has 0 aliphatic carbocycles. The first kappa shape index (κ1) is 14.2. The molecule has 2 amide bonds. The number of methoxy groups -OCH3 is 1. The summed E-state index contributed by atoms with van der Waals surface area (Å²) in [5.41, 5.74) is 0. The largest absolute Gasteiger partial charge is 0.377 e. The molecule has 1 fully saturated rings. The molecule has 1 aromatic heterocycles. The summed E-state index contributed by atoms with van der Waals surface area (Å²) in [6.45, 7) is 0.266. The van der Waals surface area contributed by atoms with E-state index in [2.05, 4.69) is 20.6 Å². The molecule has 0 spiro atoms. The van der Waals surface area contributed by atoms with E-state index in [1.165, 1.54) is 7.05 Å². The highest BCUT2D eigenvalue weighted by Crippen LogP contribution is 2.18. The predicted octanol–water partition coefficient (Wildman–Crippen LogP) is -0.166. The Hall–Kier alpha value is -2.22. The zero-order chi connectivity index (χ0) is 14.7. The van der Waals surface area contributed by atoms with E-state index in [0.717, 1.165) is 4.90 Å². The smallest absolute Gasteiger partial charge is 0.251 e. The molecule has 1 saturated heterocycles. The summed E-state index contributed by atoms with van der Waals surface area (Å²) in [5, 5.41) is 5.88. The van der Waals surface area contributed by atoms with E-state index in [1.54, 1.807) is 20.2 Å². The molecule has 8 heteroatoms. The first-order chi connectivity index (χ1) is 9.55. The summed E-state index contributed by atoms with van der Waals surface area (Å²) >= 11 is 0. The Morgan fingerprint density at radius 2 is 2.10 bits per heavy atom. The van der Waals surface area contributed by atoms with Crippen LogP contribution >= 0.6 is 0 Å². The second-order valence-corrected chi connectivity index (χ2v) is 4.43. The van der Waals surface area contributed by atoms with Crippen LogP contribution in [0.5, 0.6) is 0 Å². The number of anilines is 2. The van der Waals surface area contributed by atoms with Crippen LogP contribution in [0.4, 0.5) is 11.6 Å². The van der Waals surface area contributed by atoms with Gasteiger partial charge >= 0.3 is 0 Å². The fraction of sp³-hybridized carbons (Fsp3) is 0.500. The zero-order valence-corrected chi connectivity index (χ0v) is 11.6. The van der Waals surface area contributed by atoms with Crippen molar-refractivity contribution >= 4 is 23.5 Å². The normalized spacial score (nSPS) is 18.6. The van der Waals surface area contributed by atoms with Gasteiger partial charge in [-0.25, -0.2) is 9.97 Å². The Morgan fingerprint density at radius 3 is 2.65 bits per heavy atom. The molecule has 0 bridgehead atoms. The lowest BCUT2D eigenvalue weighted by molar-refractivity contribution is -0.136. The van der Waals surface area contributed by atoms with E-state index in [4.69, 9.17) is 4.74 Å². The first-order valence-electron chi connectivity index (χ1n) is 6.16. The van der Waals surface area contributed by atoms with Crippen molar-refractivity contribution in [3.63, 3.8) is 0 Å². The van der Waals surface area contributed by atoms with Crippen molar-refractivity contribution in [2.24, 2.45) is 0 Å². The highest BCUT2D eigenvalue weighted by molar-refractivity contribution is 6.06. The van der Waals surface area contributed by atoms with Crippen molar-refractivity contribution in [2.45, 2.75) is 19.1 Å². The van der Waals surface area contributed by atoms with Gasteiger partial charge in [0, 0.05) is 27.3 Å². The van der Waals surface area contributed by atoms with Crippen molar-refractivity contribution < 1.29 is 14.3 Å². The number of amides is 2. The number of likely N-dealkylation sites (tertiary alicyclic amines) is 1. The van der Waals surface area contributed by atoms with Gasteiger partial charge in [-0.3, -0.25) is 14.5 Å². The first-order valence-corrected chi connectivity index (χ1v) is 6.16. The number of ether oxygens (including phenoxy) is 1. The van der Waals surface area contributed by atoms with Crippen LogP contribution in [0.2, 0.25) is 0 Å². The number of nitrogens with zero attached hydrogens (tertiary/aromatic N) is 3. The number of imide groups is 1. The highest BCUT2D eigenvalue weighted by Gasteiger charge is 2.36. The Labute approximate surface area is 116 Å². The molecule has 0 saturated carbocycles. The summed E-state index contributed by atoms with van der Waals surface area (Å²) in [5.74, 6) is 1.13. The molecule has 2 heterocycles. The van der Waals surface area contributed by atoms with Gasteiger partial charge in [0.05, 0.1) is 6.42 Å². The van der Waals surface area contributed by atoms with E-state index in [-0.39, 0.29) is 24.8 Å². The molecule has 1 unspecified atom stereocenters. The maximum atomic E-state index is 11.8. The predicted molar refractivity (Wildman–Crippen MR) is 72.1 cm³/mol. The Balaban J connectivity index is 2.18. The van der Waals surface area contributed by atoms with E-state index in [9.17, 15) is 9.59 Å². The minimum atomic E-state index is -0.581. The van der Waals surface area contributed by atoms with Crippen LogP contribution in [-0.2, 0) is 20.9 Å². The molecule has 1 aromatic rings. The molecule has 2 rings (SSSR count). The standard InChI is InChI=1S/C12H17N5O3/c1-13-8-5-9(16-10(15-8)6-20-3)14-7-4-11(18)17(2)12(7)19/h5,7H,4,6H2,1-3H3,(H2,13,14,15,16). The number of carbonyl (C=O) groups is 2. The zero-order valence-electron chi connectivity index (χ0n) is 11.6. The summed E-state index contributed by atoms with van der Waals surface area (Å²) in [6, 6.07) is 1.09. The highest BCUT2D eigenvalue weighted by atomic mass is 16.5. The second kappa shape index (κ2) is 5.83. The van der Waals surface area contributed by atoms with Gasteiger partial charge in [0.1, 0.15) is 24.3 Å². The summed E-state index contributed by atoms with van der Waals surface area (Å²) in [7, 11) is 4.76. The Morgan fingerprint density at radius 1 is 1.40 bits per heavy atom. The average Bonchev–Trinajstić information content (AvgIpc) is 2.66. The maximum absolute atomic E-state index is 11.8. The van der Waals surface area contributed by atoms with Crippen LogP contribution < -0.4 is 10.6 Å². The number of likely N-dealkylation sites (N-methyl/N-ethyl adjacent to an activating group) is 1. The molecule has 8 nitrogen and oxygen atoms in total. The summed E-state index contributed by atoms with van der Waals surface area (Å²) in [4.78, 5) is 32.9. The van der Waals surface area contributed by atoms with Crippen molar-refractivity contribution in [1.82, 2.24) is 14.9 Å².